The van der Waals surface area contributed by atoms with Crippen LogP contribution in [-0.4, -0.2) is 50.7 Å². The Morgan fingerprint density at radius 2 is 2.06 bits per heavy atom. The fourth-order valence-corrected chi connectivity index (χ4v) is 3.88. The molecule has 8 heteroatoms. The molecule has 0 unspecified atom stereocenters. The number of aromatic nitrogens is 4. The van der Waals surface area contributed by atoms with Crippen molar-refractivity contribution in [2.45, 2.75) is 18.8 Å². The maximum Gasteiger partial charge on any atom is 0.278 e. The number of carbonyl (C=O) groups is 1. The van der Waals surface area contributed by atoms with Crippen LogP contribution in [0, 0.1) is 0 Å². The van der Waals surface area contributed by atoms with Gasteiger partial charge in [0, 0.05) is 40.3 Å². The highest BCUT2D eigenvalue weighted by Crippen LogP contribution is 2.28. The summed E-state index contributed by atoms with van der Waals surface area (Å²) in [5.41, 5.74) is 1.72. The SMILES string of the molecule is [2H]C([2H])([2H])n1cc(-c2ccc3cnc(NC(=O)c4coc(C5CCN(C)CC5)n4)cc3c2)cn1. The zero-order valence-corrected chi connectivity index (χ0v) is 17.1. The number of rotatable bonds is 4. The van der Waals surface area contributed by atoms with Gasteiger partial charge in [0.05, 0.1) is 6.20 Å². The Hall–Kier alpha value is -3.52. The summed E-state index contributed by atoms with van der Waals surface area (Å²) >= 11 is 0. The monoisotopic (exact) mass is 419 g/mol. The van der Waals surface area contributed by atoms with E-state index in [1.165, 1.54) is 18.7 Å². The second-order valence-electron chi connectivity index (χ2n) is 7.91. The lowest BCUT2D eigenvalue weighted by Crippen LogP contribution is -2.29. The number of likely N-dealkylation sites (tertiary alicyclic amines) is 1. The van der Waals surface area contributed by atoms with Gasteiger partial charge in [0.25, 0.3) is 5.91 Å². The number of nitrogens with zero attached hydrogens (tertiary/aromatic N) is 5. The maximum absolute atomic E-state index is 12.7. The molecule has 0 atom stereocenters. The molecule has 3 aromatic heterocycles. The first-order valence-corrected chi connectivity index (χ1v) is 10.2. The quantitative estimate of drug-likeness (QED) is 0.543. The minimum atomic E-state index is -2.33. The number of pyridine rings is 1. The molecule has 1 N–H and O–H groups in total. The topological polar surface area (TPSA) is 89.1 Å². The first-order chi connectivity index (χ1) is 16.3. The summed E-state index contributed by atoms with van der Waals surface area (Å²) in [6.07, 6.45) is 7.99. The highest BCUT2D eigenvalue weighted by Gasteiger charge is 2.24. The summed E-state index contributed by atoms with van der Waals surface area (Å²) in [4.78, 5) is 23.7. The molecule has 0 radical (unpaired) electrons. The van der Waals surface area contributed by atoms with Crippen molar-refractivity contribution in [2.24, 2.45) is 6.98 Å². The number of fused-ring (bicyclic) bond motifs is 1. The Morgan fingerprint density at radius 1 is 1.19 bits per heavy atom. The molecule has 158 valence electrons. The molecular weight excluding hydrogens is 392 g/mol. The number of piperidine rings is 1. The van der Waals surface area contributed by atoms with Crippen LogP contribution in [0.5, 0.6) is 0 Å². The lowest BCUT2D eigenvalue weighted by atomic mass is 9.97. The van der Waals surface area contributed by atoms with Gasteiger partial charge in [-0.25, -0.2) is 9.97 Å². The molecule has 0 aliphatic carbocycles. The molecule has 1 saturated heterocycles. The van der Waals surface area contributed by atoms with Crippen molar-refractivity contribution in [3.05, 3.63) is 60.7 Å². The van der Waals surface area contributed by atoms with Crippen molar-refractivity contribution in [1.82, 2.24) is 24.6 Å². The number of hydrogen-bond acceptors (Lipinski definition) is 6. The molecule has 5 rings (SSSR count). The first-order valence-electron chi connectivity index (χ1n) is 11.7. The molecule has 0 saturated carbocycles. The fraction of sp³-hybridized carbons (Fsp3) is 0.304. The summed E-state index contributed by atoms with van der Waals surface area (Å²) in [5, 5.41) is 8.45. The number of hydrogen-bond donors (Lipinski definition) is 1. The van der Waals surface area contributed by atoms with Crippen LogP contribution < -0.4 is 5.32 Å². The molecule has 1 aromatic carbocycles. The molecule has 0 spiro atoms. The Labute approximate surface area is 184 Å². The van der Waals surface area contributed by atoms with Gasteiger partial charge in [-0.2, -0.15) is 5.10 Å². The molecule has 31 heavy (non-hydrogen) atoms. The summed E-state index contributed by atoms with van der Waals surface area (Å²) in [7, 11) is 2.09. The Bertz CT molecular complexity index is 1340. The normalized spacial score (nSPS) is 17.3. The van der Waals surface area contributed by atoms with Crippen molar-refractivity contribution in [2.75, 3.05) is 25.5 Å². The molecule has 4 aromatic rings. The van der Waals surface area contributed by atoms with Gasteiger partial charge in [-0.05, 0) is 56.1 Å². The average Bonchev–Trinajstić information content (AvgIpc) is 3.49. The van der Waals surface area contributed by atoms with Crippen molar-refractivity contribution >= 4 is 22.5 Å². The number of aryl methyl sites for hydroxylation is 1. The summed E-state index contributed by atoms with van der Waals surface area (Å²) in [6, 6.07) is 7.44. The zero-order chi connectivity index (χ0) is 23.9. The fourth-order valence-electron chi connectivity index (χ4n) is 3.88. The van der Waals surface area contributed by atoms with Crippen LogP contribution in [0.4, 0.5) is 5.82 Å². The van der Waals surface area contributed by atoms with Crippen molar-refractivity contribution in [1.29, 1.82) is 0 Å². The number of carbonyl (C=O) groups excluding carboxylic acids is 1. The number of amides is 1. The van der Waals surface area contributed by atoms with Crippen LogP contribution in [0.15, 0.2) is 53.5 Å². The smallest absolute Gasteiger partial charge is 0.278 e. The van der Waals surface area contributed by atoms with Gasteiger partial charge in [0.1, 0.15) is 12.1 Å². The lowest BCUT2D eigenvalue weighted by molar-refractivity contribution is 0.102. The van der Waals surface area contributed by atoms with Gasteiger partial charge in [0.15, 0.2) is 11.6 Å². The molecule has 1 aliphatic rings. The molecule has 1 fully saturated rings. The van der Waals surface area contributed by atoms with Crippen LogP contribution in [-0.2, 0) is 6.98 Å². The second-order valence-corrected chi connectivity index (χ2v) is 7.91. The summed E-state index contributed by atoms with van der Waals surface area (Å²) in [6.45, 7) is -0.367. The van der Waals surface area contributed by atoms with Gasteiger partial charge in [-0.3, -0.25) is 9.48 Å². The van der Waals surface area contributed by atoms with E-state index < -0.39 is 6.98 Å². The molecule has 4 heterocycles. The standard InChI is InChI=1S/C23H24N6O2/c1-28-7-5-15(6-8-28)23-26-20(14-31-23)22(30)27-21-10-18-9-16(3-4-17(18)11-24-21)19-12-25-29(2)13-19/h3-4,9-15H,5-8H2,1-2H3,(H,24,27,30)/i2D3. The van der Waals surface area contributed by atoms with Crippen LogP contribution in [0.25, 0.3) is 21.9 Å². The molecule has 0 bridgehead atoms. The molecule has 8 nitrogen and oxygen atoms in total. The predicted octanol–water partition coefficient (Wildman–Crippen LogP) is 3.68. The molecule has 1 aliphatic heterocycles. The zero-order valence-electron chi connectivity index (χ0n) is 20.1. The van der Waals surface area contributed by atoms with Crippen LogP contribution in [0.1, 0.15) is 39.3 Å². The van der Waals surface area contributed by atoms with Crippen LogP contribution in [0.3, 0.4) is 0 Å². The Morgan fingerprint density at radius 3 is 2.87 bits per heavy atom. The summed E-state index contributed by atoms with van der Waals surface area (Å²) < 4.78 is 29.0. The lowest BCUT2D eigenvalue weighted by Gasteiger charge is -2.26. The maximum atomic E-state index is 12.7. The van der Waals surface area contributed by atoms with Gasteiger partial charge in [0.2, 0.25) is 0 Å². The predicted molar refractivity (Wildman–Crippen MR) is 118 cm³/mol. The third-order valence-corrected chi connectivity index (χ3v) is 5.70. The van der Waals surface area contributed by atoms with E-state index in [0.29, 0.717) is 17.3 Å². The van der Waals surface area contributed by atoms with Crippen molar-refractivity contribution in [3.63, 3.8) is 0 Å². The second kappa shape index (κ2) is 7.96. The van der Waals surface area contributed by atoms with Crippen molar-refractivity contribution < 1.29 is 13.3 Å². The van der Waals surface area contributed by atoms with Gasteiger partial charge in [-0.15, -0.1) is 0 Å². The third kappa shape index (κ3) is 4.06. The van der Waals surface area contributed by atoms with Crippen LogP contribution in [0.2, 0.25) is 0 Å². The number of anilines is 1. The molecular formula is C23H24N6O2. The highest BCUT2D eigenvalue weighted by atomic mass is 16.3. The largest absolute Gasteiger partial charge is 0.448 e. The van der Waals surface area contributed by atoms with Gasteiger partial charge >= 0.3 is 0 Å². The van der Waals surface area contributed by atoms with E-state index in [2.05, 4.69) is 32.3 Å². The Balaban J connectivity index is 1.33. The Kier molecular flexibility index (Phi) is 4.16. The van der Waals surface area contributed by atoms with Gasteiger partial charge in [-0.1, -0.05) is 12.1 Å². The molecule has 1 amide bonds. The van der Waals surface area contributed by atoms with E-state index in [4.69, 9.17) is 8.53 Å². The van der Waals surface area contributed by atoms with Gasteiger partial charge < -0.3 is 14.6 Å². The number of nitrogens with one attached hydrogen (secondary N) is 1. The van der Waals surface area contributed by atoms with Crippen LogP contribution >= 0.6 is 0 Å². The van der Waals surface area contributed by atoms with E-state index in [9.17, 15) is 4.79 Å². The van der Waals surface area contributed by atoms with E-state index >= 15 is 0 Å². The number of oxazole rings is 1. The minimum Gasteiger partial charge on any atom is -0.448 e. The average molecular weight is 420 g/mol. The third-order valence-electron chi connectivity index (χ3n) is 5.70. The van der Waals surface area contributed by atoms with E-state index in [1.807, 2.05) is 18.2 Å². The minimum absolute atomic E-state index is 0.224. The first kappa shape index (κ1) is 16.2. The highest BCUT2D eigenvalue weighted by molar-refractivity contribution is 6.03. The van der Waals surface area contributed by atoms with E-state index in [1.54, 1.807) is 12.3 Å². The van der Waals surface area contributed by atoms with E-state index in [0.717, 1.165) is 46.9 Å². The van der Waals surface area contributed by atoms with E-state index in [-0.39, 0.29) is 17.5 Å². The number of benzene rings is 1. The summed E-state index contributed by atoms with van der Waals surface area (Å²) in [5.74, 6) is 0.832. The van der Waals surface area contributed by atoms with Crippen molar-refractivity contribution in [3.8, 4) is 11.1 Å².